The molecule has 1 heterocycles. The van der Waals surface area contributed by atoms with E-state index in [1.807, 2.05) is 6.20 Å². The van der Waals surface area contributed by atoms with Gasteiger partial charge in [-0.25, -0.2) is 13.9 Å². The summed E-state index contributed by atoms with van der Waals surface area (Å²) in [5.41, 5.74) is 1.98. The first kappa shape index (κ1) is 11.7. The zero-order valence-electron chi connectivity index (χ0n) is 9.40. The van der Waals surface area contributed by atoms with Gasteiger partial charge in [0.2, 0.25) is 0 Å². The van der Waals surface area contributed by atoms with Gasteiger partial charge in [-0.3, -0.25) is 0 Å². The van der Waals surface area contributed by atoms with Gasteiger partial charge in [0.25, 0.3) is 0 Å². The van der Waals surface area contributed by atoms with E-state index in [4.69, 9.17) is 6.57 Å². The molecule has 2 aromatic rings. The summed E-state index contributed by atoms with van der Waals surface area (Å²) >= 11 is 2.25. The number of halogens is 2. The first-order chi connectivity index (χ1) is 8.67. The minimum atomic E-state index is -0.406. The Morgan fingerprint density at radius 1 is 1.39 bits per heavy atom. The second-order valence-electron chi connectivity index (χ2n) is 4.36. The maximum absolute atomic E-state index is 13.4. The van der Waals surface area contributed by atoms with Crippen molar-refractivity contribution in [2.24, 2.45) is 0 Å². The van der Waals surface area contributed by atoms with Gasteiger partial charge in [0.05, 0.1) is 21.5 Å². The summed E-state index contributed by atoms with van der Waals surface area (Å²) in [5, 5.41) is 4.50. The fraction of sp³-hybridized carbons (Fsp3) is 0.231. The summed E-state index contributed by atoms with van der Waals surface area (Å²) in [5.74, 6) is 0.157. The van der Waals surface area contributed by atoms with Crippen LogP contribution in [-0.4, -0.2) is 9.78 Å². The fourth-order valence-corrected chi connectivity index (χ4v) is 2.70. The molecule has 0 atom stereocenters. The molecule has 0 spiro atoms. The molecule has 5 heteroatoms. The fourth-order valence-electron chi connectivity index (χ4n) is 1.89. The molecule has 90 valence electrons. The standard InChI is InChI=1S/C13H9FIN3/c1-16-10-4-9(14)5-11(6-10)18-7-12(15)13(17-18)8-2-3-8/h4-8H,2-3H2. The normalized spacial score (nSPS) is 14.5. The van der Waals surface area contributed by atoms with Gasteiger partial charge in [-0.1, -0.05) is 0 Å². The van der Waals surface area contributed by atoms with Crippen molar-refractivity contribution in [1.29, 1.82) is 0 Å². The van der Waals surface area contributed by atoms with E-state index in [1.54, 1.807) is 10.7 Å². The molecular weight excluding hydrogens is 344 g/mol. The van der Waals surface area contributed by atoms with E-state index in [9.17, 15) is 4.39 Å². The van der Waals surface area contributed by atoms with Crippen molar-refractivity contribution in [3.63, 3.8) is 0 Å². The van der Waals surface area contributed by atoms with Crippen molar-refractivity contribution in [1.82, 2.24) is 9.78 Å². The first-order valence-corrected chi connectivity index (χ1v) is 6.69. The number of hydrogen-bond acceptors (Lipinski definition) is 1. The average Bonchev–Trinajstić information content (AvgIpc) is 3.12. The van der Waals surface area contributed by atoms with Crippen molar-refractivity contribution in [2.75, 3.05) is 0 Å². The molecule has 3 nitrogen and oxygen atoms in total. The molecule has 1 aliphatic carbocycles. The first-order valence-electron chi connectivity index (χ1n) is 5.61. The predicted molar refractivity (Wildman–Crippen MR) is 74.5 cm³/mol. The predicted octanol–water partition coefficient (Wildman–Crippen LogP) is 4.04. The van der Waals surface area contributed by atoms with Crippen LogP contribution in [0.1, 0.15) is 24.5 Å². The highest BCUT2D eigenvalue weighted by atomic mass is 127. The van der Waals surface area contributed by atoms with Crippen LogP contribution in [-0.2, 0) is 0 Å². The zero-order valence-corrected chi connectivity index (χ0v) is 11.6. The second-order valence-corrected chi connectivity index (χ2v) is 5.52. The number of nitrogens with zero attached hydrogens (tertiary/aromatic N) is 3. The molecule has 0 N–H and O–H groups in total. The van der Waals surface area contributed by atoms with Crippen LogP contribution in [0.5, 0.6) is 0 Å². The molecule has 0 radical (unpaired) electrons. The van der Waals surface area contributed by atoms with Crippen LogP contribution in [0.2, 0.25) is 0 Å². The maximum atomic E-state index is 13.4. The summed E-state index contributed by atoms with van der Waals surface area (Å²) in [6, 6.07) is 4.27. The minimum Gasteiger partial charge on any atom is -0.241 e. The third kappa shape index (κ3) is 2.12. The molecular formula is C13H9FIN3. The number of benzene rings is 1. The molecule has 1 fully saturated rings. The van der Waals surface area contributed by atoms with Gasteiger partial charge < -0.3 is 0 Å². The van der Waals surface area contributed by atoms with Gasteiger partial charge in [0, 0.05) is 12.1 Å². The molecule has 3 rings (SSSR count). The van der Waals surface area contributed by atoms with Crippen LogP contribution in [0.25, 0.3) is 10.5 Å². The molecule has 1 aromatic heterocycles. The lowest BCUT2D eigenvalue weighted by Gasteiger charge is -2.02. The summed E-state index contributed by atoms with van der Waals surface area (Å²) in [6.45, 7) is 6.95. The molecule has 1 aliphatic rings. The van der Waals surface area contributed by atoms with E-state index in [0.29, 0.717) is 17.3 Å². The number of hydrogen-bond donors (Lipinski definition) is 0. The van der Waals surface area contributed by atoms with Crippen LogP contribution < -0.4 is 0 Å². The van der Waals surface area contributed by atoms with Gasteiger partial charge in [-0.2, -0.15) is 5.10 Å². The van der Waals surface area contributed by atoms with Crippen molar-refractivity contribution >= 4 is 28.3 Å². The summed E-state index contributed by atoms with van der Waals surface area (Å²) in [6.07, 6.45) is 4.25. The van der Waals surface area contributed by atoms with Gasteiger partial charge in [-0.05, 0) is 53.6 Å². The Morgan fingerprint density at radius 3 is 2.83 bits per heavy atom. The summed E-state index contributed by atoms with van der Waals surface area (Å²) in [4.78, 5) is 3.26. The lowest BCUT2D eigenvalue weighted by molar-refractivity contribution is 0.626. The van der Waals surface area contributed by atoms with Crippen LogP contribution in [0, 0.1) is 16.0 Å². The van der Waals surface area contributed by atoms with E-state index in [-0.39, 0.29) is 0 Å². The molecule has 0 bridgehead atoms. The number of aromatic nitrogens is 2. The zero-order chi connectivity index (χ0) is 12.7. The Labute approximate surface area is 118 Å². The molecule has 0 unspecified atom stereocenters. The Bertz CT molecular complexity index is 653. The van der Waals surface area contributed by atoms with Gasteiger partial charge >= 0.3 is 0 Å². The van der Waals surface area contributed by atoms with Gasteiger partial charge in [0.15, 0.2) is 5.69 Å². The Morgan fingerprint density at radius 2 is 2.17 bits per heavy atom. The van der Waals surface area contributed by atoms with Crippen LogP contribution in [0.3, 0.4) is 0 Å². The molecule has 0 aliphatic heterocycles. The lowest BCUT2D eigenvalue weighted by atomic mass is 10.3. The smallest absolute Gasteiger partial charge is 0.192 e. The van der Waals surface area contributed by atoms with Crippen LogP contribution in [0.4, 0.5) is 10.1 Å². The molecule has 18 heavy (non-hydrogen) atoms. The number of rotatable bonds is 2. The second kappa shape index (κ2) is 4.35. The van der Waals surface area contributed by atoms with Crippen LogP contribution in [0.15, 0.2) is 24.4 Å². The Balaban J connectivity index is 2.06. The van der Waals surface area contributed by atoms with Crippen molar-refractivity contribution in [3.8, 4) is 5.69 Å². The van der Waals surface area contributed by atoms with Gasteiger partial charge in [-0.15, -0.1) is 0 Å². The lowest BCUT2D eigenvalue weighted by Crippen LogP contribution is -1.96. The van der Waals surface area contributed by atoms with E-state index in [1.165, 1.54) is 25.0 Å². The Kier molecular flexibility index (Phi) is 2.82. The van der Waals surface area contributed by atoms with Crippen molar-refractivity contribution < 1.29 is 4.39 Å². The quantitative estimate of drug-likeness (QED) is 0.590. The molecule has 0 saturated heterocycles. The molecule has 1 saturated carbocycles. The van der Waals surface area contributed by atoms with E-state index in [0.717, 1.165) is 9.26 Å². The minimum absolute atomic E-state index is 0.295. The highest BCUT2D eigenvalue weighted by Crippen LogP contribution is 2.41. The molecule has 0 amide bonds. The van der Waals surface area contributed by atoms with Gasteiger partial charge in [0.1, 0.15) is 5.82 Å². The molecule has 1 aromatic carbocycles. The highest BCUT2D eigenvalue weighted by Gasteiger charge is 2.28. The SMILES string of the molecule is [C-]#[N+]c1cc(F)cc(-n2cc(I)c(C3CC3)n2)c1. The summed E-state index contributed by atoms with van der Waals surface area (Å²) < 4.78 is 16.2. The Hall–Kier alpha value is -1.42. The summed E-state index contributed by atoms with van der Waals surface area (Å²) in [7, 11) is 0. The van der Waals surface area contributed by atoms with E-state index >= 15 is 0 Å². The largest absolute Gasteiger partial charge is 0.241 e. The average molecular weight is 353 g/mol. The van der Waals surface area contributed by atoms with Crippen molar-refractivity contribution in [3.05, 3.63) is 50.9 Å². The van der Waals surface area contributed by atoms with E-state index in [2.05, 4.69) is 32.5 Å². The maximum Gasteiger partial charge on any atom is 0.192 e. The van der Waals surface area contributed by atoms with Crippen molar-refractivity contribution in [2.45, 2.75) is 18.8 Å². The monoisotopic (exact) mass is 353 g/mol. The third-order valence-corrected chi connectivity index (χ3v) is 3.75. The third-order valence-electron chi connectivity index (χ3n) is 2.92. The van der Waals surface area contributed by atoms with E-state index < -0.39 is 5.82 Å². The topological polar surface area (TPSA) is 22.2 Å². The highest BCUT2D eigenvalue weighted by molar-refractivity contribution is 14.1. The van der Waals surface area contributed by atoms with Crippen LogP contribution >= 0.6 is 22.6 Å².